The number of ether oxygens (including phenoxy) is 1. The van der Waals surface area contributed by atoms with Crippen LogP contribution in [0.1, 0.15) is 0 Å². The predicted octanol–water partition coefficient (Wildman–Crippen LogP) is -3.25. The summed E-state index contributed by atoms with van der Waals surface area (Å²) in [5.74, 6) is 0. The lowest BCUT2D eigenvalue weighted by Crippen LogP contribution is -2.61. The maximum Gasteiger partial charge on any atom is 0.135 e. The molecule has 6 heteroatoms. The molecule has 1 aliphatic heterocycles. The Morgan fingerprint density at radius 2 is 1.67 bits per heavy atom. The molecule has 1 aliphatic rings. The van der Waals surface area contributed by atoms with E-state index >= 15 is 0 Å². The Morgan fingerprint density at radius 1 is 1.08 bits per heavy atom. The summed E-state index contributed by atoms with van der Waals surface area (Å²) >= 11 is 0. The van der Waals surface area contributed by atoms with Gasteiger partial charge in [-0.3, -0.25) is 0 Å². The van der Waals surface area contributed by atoms with Crippen molar-refractivity contribution in [2.24, 2.45) is 5.73 Å². The lowest BCUT2D eigenvalue weighted by molar-refractivity contribution is -0.227. The predicted molar refractivity (Wildman–Crippen MR) is 38.0 cm³/mol. The fourth-order valence-electron chi connectivity index (χ4n) is 1.13. The van der Waals surface area contributed by atoms with Gasteiger partial charge in [-0.15, -0.1) is 0 Å². The van der Waals surface area contributed by atoms with E-state index in [-0.39, 0.29) is 0 Å². The van der Waals surface area contributed by atoms with Crippen LogP contribution in [0.4, 0.5) is 0 Å². The van der Waals surface area contributed by atoms with Crippen LogP contribution in [-0.4, -0.2) is 57.7 Å². The summed E-state index contributed by atoms with van der Waals surface area (Å²) in [7, 11) is 0. The first-order chi connectivity index (χ1) is 5.57. The van der Waals surface area contributed by atoms with Gasteiger partial charge in [0, 0.05) is 0 Å². The molecule has 0 aliphatic carbocycles. The second-order valence-corrected chi connectivity index (χ2v) is 2.79. The third-order valence-corrected chi connectivity index (χ3v) is 1.93. The Kier molecular flexibility index (Phi) is 2.99. The normalized spacial score (nSPS) is 49.2. The molecule has 0 saturated carbocycles. The first-order valence-electron chi connectivity index (χ1n) is 3.64. The lowest BCUT2D eigenvalue weighted by atomic mass is 9.99. The molecule has 5 atom stereocenters. The van der Waals surface area contributed by atoms with E-state index in [0.29, 0.717) is 0 Å². The number of rotatable bonds is 1. The molecule has 0 amide bonds. The van der Waals surface area contributed by atoms with Crippen molar-refractivity contribution in [3.63, 3.8) is 0 Å². The summed E-state index contributed by atoms with van der Waals surface area (Å²) in [5.41, 5.74) is 5.24. The maximum atomic E-state index is 9.18. The van der Waals surface area contributed by atoms with Crippen molar-refractivity contribution in [1.29, 1.82) is 0 Å². The third-order valence-electron chi connectivity index (χ3n) is 1.93. The van der Waals surface area contributed by atoms with Crippen molar-refractivity contribution in [2.45, 2.75) is 30.6 Å². The third kappa shape index (κ3) is 1.58. The Bertz CT molecular complexity index is 150. The van der Waals surface area contributed by atoms with Gasteiger partial charge in [0.1, 0.15) is 30.6 Å². The van der Waals surface area contributed by atoms with Gasteiger partial charge < -0.3 is 30.9 Å². The fourth-order valence-corrected chi connectivity index (χ4v) is 1.13. The lowest BCUT2D eigenvalue weighted by Gasteiger charge is -2.38. The zero-order valence-corrected chi connectivity index (χ0v) is 6.37. The van der Waals surface area contributed by atoms with Crippen LogP contribution >= 0.6 is 0 Å². The van der Waals surface area contributed by atoms with Gasteiger partial charge in [-0.2, -0.15) is 0 Å². The van der Waals surface area contributed by atoms with Crippen LogP contribution in [0.25, 0.3) is 0 Å². The number of hydrogen-bond acceptors (Lipinski definition) is 6. The molecule has 0 aromatic heterocycles. The van der Waals surface area contributed by atoms with Gasteiger partial charge in [0.15, 0.2) is 0 Å². The summed E-state index contributed by atoms with van der Waals surface area (Å²) in [4.78, 5) is 0. The van der Waals surface area contributed by atoms with E-state index in [9.17, 15) is 5.11 Å². The van der Waals surface area contributed by atoms with E-state index in [4.69, 9.17) is 25.8 Å². The van der Waals surface area contributed by atoms with E-state index in [0.717, 1.165) is 0 Å². The summed E-state index contributed by atoms with van der Waals surface area (Å²) in [6.45, 7) is -0.446. The van der Waals surface area contributed by atoms with Gasteiger partial charge in [-0.1, -0.05) is 0 Å². The van der Waals surface area contributed by atoms with E-state index < -0.39 is 37.3 Å². The SMILES string of the molecule is NC1O[C@@H](CO)[C@H](O)[C@@H](O)[C@H]1O. The minimum atomic E-state index is -1.37. The minimum absolute atomic E-state index is 0.446. The number of aliphatic hydroxyl groups is 4. The van der Waals surface area contributed by atoms with Crippen LogP contribution < -0.4 is 5.73 Å². The molecule has 12 heavy (non-hydrogen) atoms. The molecular formula is C6H13NO5. The van der Waals surface area contributed by atoms with Crippen LogP contribution in [0.3, 0.4) is 0 Å². The molecular weight excluding hydrogens is 166 g/mol. The summed E-state index contributed by atoms with van der Waals surface area (Å²) in [5, 5.41) is 36.1. The van der Waals surface area contributed by atoms with E-state index in [1.165, 1.54) is 0 Å². The molecule has 1 saturated heterocycles. The fraction of sp³-hybridized carbons (Fsp3) is 1.00. The zero-order chi connectivity index (χ0) is 9.30. The van der Waals surface area contributed by atoms with Crippen molar-refractivity contribution < 1.29 is 25.2 Å². The highest BCUT2D eigenvalue weighted by Gasteiger charge is 2.41. The first kappa shape index (κ1) is 9.85. The smallest absolute Gasteiger partial charge is 0.135 e. The van der Waals surface area contributed by atoms with Crippen LogP contribution in [0.5, 0.6) is 0 Å². The quantitative estimate of drug-likeness (QED) is 0.288. The topological polar surface area (TPSA) is 116 Å². The Hall–Kier alpha value is -0.240. The highest BCUT2D eigenvalue weighted by atomic mass is 16.6. The van der Waals surface area contributed by atoms with Crippen molar-refractivity contribution in [3.05, 3.63) is 0 Å². The van der Waals surface area contributed by atoms with E-state index in [1.807, 2.05) is 0 Å². The number of aliphatic hydroxyl groups excluding tert-OH is 4. The van der Waals surface area contributed by atoms with Gasteiger partial charge in [0.2, 0.25) is 0 Å². The standard InChI is InChI=1S/C6H13NO5/c7-6-5(11)4(10)3(9)2(1-8)12-6/h2-6,8-11H,1,7H2/t2-,3-,4+,5+,6?/m0/s1. The number of hydrogen-bond donors (Lipinski definition) is 5. The van der Waals surface area contributed by atoms with Crippen LogP contribution in [0, 0.1) is 0 Å². The van der Waals surface area contributed by atoms with Gasteiger partial charge in [0.05, 0.1) is 6.61 Å². The van der Waals surface area contributed by atoms with Gasteiger partial charge >= 0.3 is 0 Å². The highest BCUT2D eigenvalue weighted by Crippen LogP contribution is 2.17. The molecule has 1 heterocycles. The van der Waals surface area contributed by atoms with Gasteiger partial charge in [-0.05, 0) is 0 Å². The monoisotopic (exact) mass is 179 g/mol. The van der Waals surface area contributed by atoms with Crippen molar-refractivity contribution in [1.82, 2.24) is 0 Å². The van der Waals surface area contributed by atoms with Crippen LogP contribution in [0.2, 0.25) is 0 Å². The molecule has 6 nitrogen and oxygen atoms in total. The Labute approximate surface area is 69.2 Å². The molecule has 1 rings (SSSR count). The molecule has 0 aromatic carbocycles. The molecule has 0 aromatic rings. The molecule has 0 radical (unpaired) electrons. The molecule has 6 N–H and O–H groups in total. The Balaban J connectivity index is 2.63. The van der Waals surface area contributed by atoms with Gasteiger partial charge in [0.25, 0.3) is 0 Å². The molecule has 0 spiro atoms. The molecule has 1 unspecified atom stereocenters. The van der Waals surface area contributed by atoms with Crippen molar-refractivity contribution >= 4 is 0 Å². The maximum absolute atomic E-state index is 9.18. The molecule has 0 bridgehead atoms. The molecule has 1 fully saturated rings. The Morgan fingerprint density at radius 3 is 2.17 bits per heavy atom. The van der Waals surface area contributed by atoms with Crippen LogP contribution in [0.15, 0.2) is 0 Å². The minimum Gasteiger partial charge on any atom is -0.394 e. The van der Waals surface area contributed by atoms with E-state index in [1.54, 1.807) is 0 Å². The average molecular weight is 179 g/mol. The second-order valence-electron chi connectivity index (χ2n) is 2.79. The number of nitrogens with two attached hydrogens (primary N) is 1. The van der Waals surface area contributed by atoms with Crippen molar-refractivity contribution in [3.8, 4) is 0 Å². The van der Waals surface area contributed by atoms with Gasteiger partial charge in [-0.25, -0.2) is 0 Å². The molecule has 72 valence electrons. The second kappa shape index (κ2) is 3.65. The largest absolute Gasteiger partial charge is 0.394 e. The zero-order valence-electron chi connectivity index (χ0n) is 6.37. The average Bonchev–Trinajstić information content (AvgIpc) is 2.08. The highest BCUT2D eigenvalue weighted by molar-refractivity contribution is 4.89. The van der Waals surface area contributed by atoms with E-state index in [2.05, 4.69) is 0 Å². The van der Waals surface area contributed by atoms with Crippen molar-refractivity contribution in [2.75, 3.05) is 6.61 Å². The summed E-state index contributed by atoms with van der Waals surface area (Å²) in [6.07, 6.45) is -5.99. The summed E-state index contributed by atoms with van der Waals surface area (Å²) in [6, 6.07) is 0. The summed E-state index contributed by atoms with van der Waals surface area (Å²) < 4.78 is 4.80. The first-order valence-corrected chi connectivity index (χ1v) is 3.64. The van der Waals surface area contributed by atoms with Crippen LogP contribution in [-0.2, 0) is 4.74 Å².